The molecule has 2 heteroatoms. The molecule has 196 valence electrons. The van der Waals surface area contributed by atoms with E-state index in [0.717, 1.165) is 0 Å². The summed E-state index contributed by atoms with van der Waals surface area (Å²) in [4.78, 5) is 0. The highest BCUT2D eigenvalue weighted by Gasteiger charge is 2.17. The lowest BCUT2D eigenvalue weighted by atomic mass is 9.98. The molecule has 1 nitrogen and oxygen atoms in total. The average molecular weight is 552 g/mol. The van der Waals surface area contributed by atoms with Crippen LogP contribution in [0.25, 0.3) is 80.7 Å². The van der Waals surface area contributed by atoms with Gasteiger partial charge in [0.05, 0.1) is 11.0 Å². The number of rotatable bonds is 3. The Morgan fingerprint density at radius 2 is 1.02 bits per heavy atom. The first-order valence-corrected chi connectivity index (χ1v) is 15.2. The van der Waals surface area contributed by atoms with E-state index in [9.17, 15) is 0 Å². The lowest BCUT2D eigenvalue weighted by Crippen LogP contribution is -1.96. The minimum absolute atomic E-state index is 1.17. The van der Waals surface area contributed by atoms with Gasteiger partial charge in [0.15, 0.2) is 0 Å². The van der Waals surface area contributed by atoms with E-state index in [4.69, 9.17) is 0 Å². The Bertz CT molecular complexity index is 2390. The van der Waals surface area contributed by atoms with Gasteiger partial charge in [-0.25, -0.2) is 0 Å². The van der Waals surface area contributed by atoms with Crippen LogP contribution in [0.2, 0.25) is 0 Å². The van der Waals surface area contributed by atoms with E-state index < -0.39 is 0 Å². The normalized spacial score (nSPS) is 11.8. The number of hydrogen-bond acceptors (Lipinski definition) is 1. The predicted octanol–water partition coefficient (Wildman–Crippen LogP) is 11.6. The summed E-state index contributed by atoms with van der Waals surface area (Å²) in [7, 11) is 0. The maximum atomic E-state index is 2.47. The number of benzene rings is 7. The van der Waals surface area contributed by atoms with E-state index in [0.29, 0.717) is 0 Å². The molecule has 0 N–H and O–H groups in total. The van der Waals surface area contributed by atoms with E-state index in [1.54, 1.807) is 0 Å². The number of nitrogens with zero attached hydrogens (tertiary/aromatic N) is 1. The molecule has 2 heterocycles. The van der Waals surface area contributed by atoms with Crippen LogP contribution in [0.4, 0.5) is 0 Å². The largest absolute Gasteiger partial charge is 0.309 e. The molecule has 9 aromatic rings. The first kappa shape index (κ1) is 23.5. The molecule has 9 rings (SSSR count). The van der Waals surface area contributed by atoms with Gasteiger partial charge in [0.25, 0.3) is 0 Å². The third kappa shape index (κ3) is 3.56. The number of aromatic nitrogens is 1. The SMILES string of the molecule is c1ccc(-c2cc(-c3ccccc3)cc(-n3c4ccccc4c4cc5sc6ccc7ccccc7c6c5cc43)c2)cc1. The van der Waals surface area contributed by atoms with Crippen molar-refractivity contribution in [3.8, 4) is 27.9 Å². The van der Waals surface area contributed by atoms with Gasteiger partial charge in [0, 0.05) is 36.6 Å². The highest BCUT2D eigenvalue weighted by atomic mass is 32.1. The smallest absolute Gasteiger partial charge is 0.0548 e. The Morgan fingerprint density at radius 3 is 1.76 bits per heavy atom. The standard InChI is InChI=1S/C40H25NS/c1-3-11-26(12-4-1)29-21-30(27-13-5-2-6-14-27)23-31(22-29)41-36-18-10-9-17-33(36)34-25-39-35(24-37(34)41)40-32-16-8-7-15-28(32)19-20-38(40)42-39/h1-25H. The van der Waals surface area contributed by atoms with Crippen molar-refractivity contribution >= 4 is 64.1 Å². The monoisotopic (exact) mass is 551 g/mol. The van der Waals surface area contributed by atoms with Crippen LogP contribution in [0.15, 0.2) is 152 Å². The number of thiophene rings is 1. The van der Waals surface area contributed by atoms with Gasteiger partial charge in [-0.2, -0.15) is 0 Å². The fourth-order valence-corrected chi connectivity index (χ4v) is 7.76. The van der Waals surface area contributed by atoms with Crippen molar-refractivity contribution in [1.82, 2.24) is 4.57 Å². The van der Waals surface area contributed by atoms with Gasteiger partial charge in [0.2, 0.25) is 0 Å². The summed E-state index contributed by atoms with van der Waals surface area (Å²) >= 11 is 1.90. The molecule has 0 saturated heterocycles. The van der Waals surface area contributed by atoms with Crippen LogP contribution in [0.5, 0.6) is 0 Å². The Kier molecular flexibility index (Phi) is 5.13. The summed E-state index contributed by atoms with van der Waals surface area (Å²) in [5.41, 5.74) is 8.50. The molecule has 0 saturated carbocycles. The van der Waals surface area contributed by atoms with Crippen molar-refractivity contribution in [2.75, 3.05) is 0 Å². The predicted molar refractivity (Wildman–Crippen MR) is 182 cm³/mol. The van der Waals surface area contributed by atoms with Crippen LogP contribution in [-0.4, -0.2) is 4.57 Å². The molecule has 0 spiro atoms. The first-order chi connectivity index (χ1) is 20.8. The van der Waals surface area contributed by atoms with Gasteiger partial charge in [0.1, 0.15) is 0 Å². The molecule has 0 radical (unpaired) electrons. The zero-order valence-electron chi connectivity index (χ0n) is 22.8. The van der Waals surface area contributed by atoms with Gasteiger partial charge in [-0.3, -0.25) is 0 Å². The Labute approximate surface area is 247 Å². The molecule has 0 aliphatic carbocycles. The van der Waals surface area contributed by atoms with E-state index in [2.05, 4.69) is 156 Å². The summed E-state index contributed by atoms with van der Waals surface area (Å²) < 4.78 is 5.14. The molecular formula is C40H25NS. The number of hydrogen-bond donors (Lipinski definition) is 0. The quantitative estimate of drug-likeness (QED) is 0.206. The van der Waals surface area contributed by atoms with Crippen molar-refractivity contribution in [2.24, 2.45) is 0 Å². The summed E-state index contributed by atoms with van der Waals surface area (Å²) in [6, 6.07) is 55.4. The second kappa shape index (κ2) is 9.17. The molecule has 0 aliphatic heterocycles. The molecule has 0 unspecified atom stereocenters. The van der Waals surface area contributed by atoms with Crippen LogP contribution < -0.4 is 0 Å². The van der Waals surface area contributed by atoms with Gasteiger partial charge in [-0.15, -0.1) is 11.3 Å². The zero-order chi connectivity index (χ0) is 27.6. The Hall–Kier alpha value is -5.18. The van der Waals surface area contributed by atoms with Crippen molar-refractivity contribution in [3.05, 3.63) is 152 Å². The third-order valence-electron chi connectivity index (χ3n) is 8.54. The molecule has 0 amide bonds. The lowest BCUT2D eigenvalue weighted by Gasteiger charge is -2.14. The van der Waals surface area contributed by atoms with Crippen LogP contribution in [-0.2, 0) is 0 Å². The number of fused-ring (bicyclic) bond motifs is 8. The third-order valence-corrected chi connectivity index (χ3v) is 9.66. The summed E-state index contributed by atoms with van der Waals surface area (Å²) in [5.74, 6) is 0. The molecule has 0 bridgehead atoms. The minimum atomic E-state index is 1.17. The Balaban J connectivity index is 1.41. The van der Waals surface area contributed by atoms with Gasteiger partial charge < -0.3 is 4.57 Å². The van der Waals surface area contributed by atoms with Crippen LogP contribution in [0.3, 0.4) is 0 Å². The van der Waals surface area contributed by atoms with Crippen LogP contribution >= 0.6 is 11.3 Å². The molecule has 2 aromatic heterocycles. The lowest BCUT2D eigenvalue weighted by molar-refractivity contribution is 1.18. The summed E-state index contributed by atoms with van der Waals surface area (Å²) in [6.07, 6.45) is 0. The van der Waals surface area contributed by atoms with Crippen LogP contribution in [0.1, 0.15) is 0 Å². The maximum Gasteiger partial charge on any atom is 0.0548 e. The van der Waals surface area contributed by atoms with Crippen molar-refractivity contribution in [1.29, 1.82) is 0 Å². The highest BCUT2D eigenvalue weighted by molar-refractivity contribution is 7.26. The van der Waals surface area contributed by atoms with Gasteiger partial charge in [-0.1, -0.05) is 109 Å². The Morgan fingerprint density at radius 1 is 0.381 bits per heavy atom. The average Bonchev–Trinajstić information content (AvgIpc) is 3.59. The zero-order valence-corrected chi connectivity index (χ0v) is 23.6. The molecule has 0 aliphatic rings. The fraction of sp³-hybridized carbons (Fsp3) is 0. The molecule has 7 aromatic carbocycles. The van der Waals surface area contributed by atoms with E-state index in [1.807, 2.05) is 11.3 Å². The van der Waals surface area contributed by atoms with Crippen molar-refractivity contribution in [3.63, 3.8) is 0 Å². The van der Waals surface area contributed by atoms with E-state index >= 15 is 0 Å². The van der Waals surface area contributed by atoms with Crippen molar-refractivity contribution < 1.29 is 0 Å². The minimum Gasteiger partial charge on any atom is -0.309 e. The maximum absolute atomic E-state index is 2.47. The molecule has 42 heavy (non-hydrogen) atoms. The van der Waals surface area contributed by atoms with E-state index in [-0.39, 0.29) is 0 Å². The molecule has 0 fully saturated rings. The highest BCUT2D eigenvalue weighted by Crippen LogP contribution is 2.43. The number of para-hydroxylation sites is 1. The molecule has 0 atom stereocenters. The first-order valence-electron chi connectivity index (χ1n) is 14.4. The topological polar surface area (TPSA) is 4.93 Å². The van der Waals surface area contributed by atoms with Gasteiger partial charge >= 0.3 is 0 Å². The van der Waals surface area contributed by atoms with Gasteiger partial charge in [-0.05, 0) is 75.5 Å². The van der Waals surface area contributed by atoms with E-state index in [1.165, 1.54) is 80.7 Å². The molecular weight excluding hydrogens is 527 g/mol. The van der Waals surface area contributed by atoms with Crippen molar-refractivity contribution in [2.45, 2.75) is 0 Å². The summed E-state index contributed by atoms with van der Waals surface area (Å²) in [6.45, 7) is 0. The van der Waals surface area contributed by atoms with Crippen LogP contribution in [0, 0.1) is 0 Å². The summed E-state index contributed by atoms with van der Waals surface area (Å²) in [5, 5.41) is 7.86. The second-order valence-electron chi connectivity index (χ2n) is 11.0. The fourth-order valence-electron chi connectivity index (χ4n) is 6.62. The second-order valence-corrected chi connectivity index (χ2v) is 12.1.